The van der Waals surface area contributed by atoms with E-state index in [0.717, 1.165) is 4.90 Å². The van der Waals surface area contributed by atoms with Gasteiger partial charge in [-0.3, -0.25) is 9.59 Å². The highest BCUT2D eigenvalue weighted by molar-refractivity contribution is 5.87. The van der Waals surface area contributed by atoms with Crippen molar-refractivity contribution in [3.63, 3.8) is 0 Å². The molecule has 2 aliphatic heterocycles. The zero-order chi connectivity index (χ0) is 15.2. The van der Waals surface area contributed by atoms with E-state index in [9.17, 15) is 22.8 Å². The number of likely N-dealkylation sites (tertiary alicyclic amines) is 1. The van der Waals surface area contributed by atoms with E-state index in [0.29, 0.717) is 6.42 Å². The molecule has 0 bridgehead atoms. The summed E-state index contributed by atoms with van der Waals surface area (Å²) in [5.74, 6) is -1.53. The molecule has 2 amide bonds. The summed E-state index contributed by atoms with van der Waals surface area (Å²) in [4.78, 5) is 24.8. The van der Waals surface area contributed by atoms with Gasteiger partial charge in [0.15, 0.2) is 5.41 Å². The van der Waals surface area contributed by atoms with Crippen LogP contribution in [0.5, 0.6) is 0 Å². The number of amides is 2. The second-order valence-electron chi connectivity index (χ2n) is 5.91. The number of nitrogens with one attached hydrogen (secondary N) is 1. The van der Waals surface area contributed by atoms with E-state index in [4.69, 9.17) is 5.73 Å². The summed E-state index contributed by atoms with van der Waals surface area (Å²) in [6.07, 6.45) is -4.56. The fraction of sp³-hybridized carbons (Fsp3) is 0.833. The zero-order valence-electron chi connectivity index (χ0n) is 11.2. The molecular formula is C12H18F3N3O2. The molecule has 2 rings (SSSR count). The van der Waals surface area contributed by atoms with Crippen molar-refractivity contribution in [1.29, 1.82) is 0 Å². The van der Waals surface area contributed by atoms with Crippen LogP contribution in [0.1, 0.15) is 19.8 Å². The zero-order valence-corrected chi connectivity index (χ0v) is 11.2. The van der Waals surface area contributed by atoms with Gasteiger partial charge in [-0.05, 0) is 26.3 Å². The quantitative estimate of drug-likeness (QED) is 0.766. The molecule has 2 unspecified atom stereocenters. The Morgan fingerprint density at radius 3 is 2.35 bits per heavy atom. The number of primary amides is 1. The molecule has 2 atom stereocenters. The van der Waals surface area contributed by atoms with Crippen LogP contribution in [0.15, 0.2) is 0 Å². The van der Waals surface area contributed by atoms with Crippen molar-refractivity contribution >= 4 is 11.8 Å². The number of nitrogens with zero attached hydrogens (tertiary/aromatic N) is 1. The second kappa shape index (κ2) is 4.61. The fourth-order valence-electron chi connectivity index (χ4n) is 2.88. The first-order valence-corrected chi connectivity index (χ1v) is 6.49. The minimum Gasteiger partial charge on any atom is -0.369 e. The molecule has 2 aliphatic rings. The number of rotatable bonds is 2. The Balaban J connectivity index is 2.21. The van der Waals surface area contributed by atoms with Gasteiger partial charge in [-0.25, -0.2) is 0 Å². The maximum Gasteiger partial charge on any atom is 0.404 e. The predicted octanol–water partition coefficient (Wildman–Crippen LogP) is 0.252. The molecule has 0 saturated carbocycles. The number of alkyl halides is 3. The molecule has 2 heterocycles. The van der Waals surface area contributed by atoms with Gasteiger partial charge in [-0.15, -0.1) is 0 Å². The lowest BCUT2D eigenvalue weighted by Crippen LogP contribution is -2.53. The van der Waals surface area contributed by atoms with Crippen molar-refractivity contribution < 1.29 is 22.8 Å². The Kier molecular flexibility index (Phi) is 3.48. The van der Waals surface area contributed by atoms with E-state index in [2.05, 4.69) is 5.32 Å². The third-order valence-electron chi connectivity index (χ3n) is 4.46. The number of halogens is 3. The number of hydrogen-bond acceptors (Lipinski definition) is 3. The molecule has 114 valence electrons. The highest BCUT2D eigenvalue weighted by Gasteiger charge is 2.63. The third-order valence-corrected chi connectivity index (χ3v) is 4.46. The number of carbonyl (C=O) groups excluding carboxylic acids is 2. The molecule has 2 fully saturated rings. The fourth-order valence-corrected chi connectivity index (χ4v) is 2.88. The summed E-state index contributed by atoms with van der Waals surface area (Å²) < 4.78 is 39.9. The van der Waals surface area contributed by atoms with Crippen LogP contribution in [0.4, 0.5) is 13.2 Å². The molecule has 3 N–H and O–H groups in total. The lowest BCUT2D eigenvalue weighted by molar-refractivity contribution is -0.221. The highest BCUT2D eigenvalue weighted by Crippen LogP contribution is 2.45. The van der Waals surface area contributed by atoms with Crippen LogP contribution >= 0.6 is 0 Å². The molecular weight excluding hydrogens is 275 g/mol. The van der Waals surface area contributed by atoms with Crippen molar-refractivity contribution in [2.24, 2.45) is 16.6 Å². The molecule has 0 aliphatic carbocycles. The van der Waals surface area contributed by atoms with Gasteiger partial charge in [0.25, 0.3) is 0 Å². The molecule has 0 aromatic rings. The van der Waals surface area contributed by atoms with Gasteiger partial charge in [0.2, 0.25) is 11.8 Å². The molecule has 5 nitrogen and oxygen atoms in total. The Hall–Kier alpha value is -1.31. The topological polar surface area (TPSA) is 75.4 Å². The van der Waals surface area contributed by atoms with Crippen LogP contribution < -0.4 is 11.1 Å². The molecule has 0 aromatic carbocycles. The SMILES string of the molecule is CC1(C(N)=O)CCN(C(=O)C2(C(F)(F)F)CCNC2)C1. The van der Waals surface area contributed by atoms with E-state index in [1.165, 1.54) is 0 Å². The molecule has 8 heteroatoms. The van der Waals surface area contributed by atoms with E-state index >= 15 is 0 Å². The Morgan fingerprint density at radius 2 is 1.95 bits per heavy atom. The van der Waals surface area contributed by atoms with Gasteiger partial charge in [0, 0.05) is 19.6 Å². The minimum atomic E-state index is -4.60. The van der Waals surface area contributed by atoms with Gasteiger partial charge < -0.3 is 16.0 Å². The van der Waals surface area contributed by atoms with Crippen LogP contribution in [0, 0.1) is 10.8 Å². The summed E-state index contributed by atoms with van der Waals surface area (Å²) in [6.45, 7) is 1.43. The van der Waals surface area contributed by atoms with Crippen LogP contribution in [0.2, 0.25) is 0 Å². The first-order chi connectivity index (χ1) is 9.12. The van der Waals surface area contributed by atoms with Crippen molar-refractivity contribution in [2.45, 2.75) is 25.9 Å². The monoisotopic (exact) mass is 293 g/mol. The maximum absolute atomic E-state index is 13.3. The van der Waals surface area contributed by atoms with Gasteiger partial charge >= 0.3 is 6.18 Å². The lowest BCUT2D eigenvalue weighted by Gasteiger charge is -2.34. The molecule has 0 aromatic heterocycles. The number of nitrogens with two attached hydrogens (primary N) is 1. The summed E-state index contributed by atoms with van der Waals surface area (Å²) >= 11 is 0. The van der Waals surface area contributed by atoms with Gasteiger partial charge in [0.1, 0.15) is 0 Å². The third kappa shape index (κ3) is 2.15. The first-order valence-electron chi connectivity index (χ1n) is 6.49. The largest absolute Gasteiger partial charge is 0.404 e. The van der Waals surface area contributed by atoms with Crippen LogP contribution in [-0.2, 0) is 9.59 Å². The average molecular weight is 293 g/mol. The summed E-state index contributed by atoms with van der Waals surface area (Å²) in [5.41, 5.74) is 1.95. The van der Waals surface area contributed by atoms with Crippen molar-refractivity contribution in [2.75, 3.05) is 26.2 Å². The normalized spacial score (nSPS) is 34.5. The Morgan fingerprint density at radius 1 is 1.30 bits per heavy atom. The van der Waals surface area contributed by atoms with Gasteiger partial charge in [-0.1, -0.05) is 0 Å². The van der Waals surface area contributed by atoms with E-state index in [1.807, 2.05) is 0 Å². The summed E-state index contributed by atoms with van der Waals surface area (Å²) in [7, 11) is 0. The Labute approximate surface area is 114 Å². The number of carbonyl (C=O) groups is 2. The van der Waals surface area contributed by atoms with Crippen LogP contribution in [-0.4, -0.2) is 49.1 Å². The maximum atomic E-state index is 13.3. The summed E-state index contributed by atoms with van der Waals surface area (Å²) in [5, 5.41) is 2.61. The standard InChI is InChI=1S/C12H18F3N3O2/c1-10(8(16)19)3-5-18(7-10)9(20)11(12(13,14)15)2-4-17-6-11/h17H,2-7H2,1H3,(H2,16,19). The smallest absolute Gasteiger partial charge is 0.369 e. The number of hydrogen-bond donors (Lipinski definition) is 2. The molecule has 0 radical (unpaired) electrons. The van der Waals surface area contributed by atoms with E-state index in [1.54, 1.807) is 6.92 Å². The second-order valence-corrected chi connectivity index (χ2v) is 5.91. The van der Waals surface area contributed by atoms with E-state index < -0.39 is 35.4 Å². The lowest BCUT2D eigenvalue weighted by atomic mass is 9.84. The van der Waals surface area contributed by atoms with Gasteiger partial charge in [0.05, 0.1) is 5.41 Å². The average Bonchev–Trinajstić information content (AvgIpc) is 2.95. The summed E-state index contributed by atoms with van der Waals surface area (Å²) in [6, 6.07) is 0. The Bertz CT molecular complexity index is 432. The first kappa shape index (κ1) is 15.1. The van der Waals surface area contributed by atoms with Crippen molar-refractivity contribution in [3.8, 4) is 0 Å². The minimum absolute atomic E-state index is 0.0427. The predicted molar refractivity (Wildman–Crippen MR) is 64.5 cm³/mol. The van der Waals surface area contributed by atoms with Gasteiger partial charge in [-0.2, -0.15) is 13.2 Å². The van der Waals surface area contributed by atoms with E-state index in [-0.39, 0.29) is 26.1 Å². The molecule has 20 heavy (non-hydrogen) atoms. The molecule has 2 saturated heterocycles. The highest BCUT2D eigenvalue weighted by atomic mass is 19.4. The van der Waals surface area contributed by atoms with Crippen LogP contribution in [0.25, 0.3) is 0 Å². The van der Waals surface area contributed by atoms with Crippen LogP contribution in [0.3, 0.4) is 0 Å². The molecule has 0 spiro atoms. The van der Waals surface area contributed by atoms with Crippen molar-refractivity contribution in [1.82, 2.24) is 10.2 Å². The van der Waals surface area contributed by atoms with Crippen molar-refractivity contribution in [3.05, 3.63) is 0 Å².